The lowest BCUT2D eigenvalue weighted by molar-refractivity contribution is 0.0698. The molecule has 1 aromatic carbocycles. The highest BCUT2D eigenvalue weighted by molar-refractivity contribution is 6.31. The zero-order valence-electron chi connectivity index (χ0n) is 11.1. The average Bonchev–Trinajstić information content (AvgIpc) is 2.39. The van der Waals surface area contributed by atoms with E-state index in [1.165, 1.54) is 30.1 Å². The van der Waals surface area contributed by atoms with Crippen molar-refractivity contribution in [3.63, 3.8) is 0 Å². The average molecular weight is 296 g/mol. The van der Waals surface area contributed by atoms with E-state index < -0.39 is 12.0 Å². The lowest BCUT2D eigenvalue weighted by atomic mass is 10.2. The SMILES string of the molecule is CC(CC#N)N(C)C(=O)Nc1ccc(Cl)cc1C(=O)O. The van der Waals surface area contributed by atoms with Crippen molar-refractivity contribution in [3.8, 4) is 6.07 Å². The molecule has 2 N–H and O–H groups in total. The number of rotatable bonds is 4. The van der Waals surface area contributed by atoms with Gasteiger partial charge >= 0.3 is 12.0 Å². The Morgan fingerprint density at radius 2 is 2.20 bits per heavy atom. The molecule has 0 aliphatic rings. The Bertz CT molecular complexity index is 568. The summed E-state index contributed by atoms with van der Waals surface area (Å²) in [5.41, 5.74) is 0.0649. The van der Waals surface area contributed by atoms with Gasteiger partial charge in [0.25, 0.3) is 0 Å². The number of carbonyl (C=O) groups is 2. The summed E-state index contributed by atoms with van der Waals surface area (Å²) in [6.07, 6.45) is 0.191. The highest BCUT2D eigenvalue weighted by Gasteiger charge is 2.18. The molecule has 0 heterocycles. The van der Waals surface area contributed by atoms with E-state index >= 15 is 0 Å². The molecule has 1 unspecified atom stereocenters. The van der Waals surface area contributed by atoms with Crippen LogP contribution in [0, 0.1) is 11.3 Å². The highest BCUT2D eigenvalue weighted by Crippen LogP contribution is 2.21. The Kier molecular flexibility index (Phi) is 5.35. The van der Waals surface area contributed by atoms with Crippen molar-refractivity contribution >= 4 is 29.3 Å². The Labute approximate surface area is 121 Å². The number of halogens is 1. The van der Waals surface area contributed by atoms with E-state index in [1.807, 2.05) is 6.07 Å². The molecule has 0 spiro atoms. The summed E-state index contributed by atoms with van der Waals surface area (Å²) in [4.78, 5) is 24.4. The summed E-state index contributed by atoms with van der Waals surface area (Å²) in [5, 5.41) is 20.4. The van der Waals surface area contributed by atoms with Crippen molar-refractivity contribution < 1.29 is 14.7 Å². The third-order valence-electron chi connectivity index (χ3n) is 2.82. The number of hydrogen-bond acceptors (Lipinski definition) is 3. The number of nitriles is 1. The van der Waals surface area contributed by atoms with Gasteiger partial charge in [-0.25, -0.2) is 9.59 Å². The van der Waals surface area contributed by atoms with Crippen LogP contribution in [-0.2, 0) is 0 Å². The fourth-order valence-electron chi connectivity index (χ4n) is 1.48. The van der Waals surface area contributed by atoms with E-state index in [2.05, 4.69) is 5.32 Å². The number of anilines is 1. The molecule has 0 bridgehead atoms. The summed E-state index contributed by atoms with van der Waals surface area (Å²) >= 11 is 5.73. The molecule has 1 rings (SSSR count). The van der Waals surface area contributed by atoms with Crippen LogP contribution in [0.5, 0.6) is 0 Å². The smallest absolute Gasteiger partial charge is 0.337 e. The number of carbonyl (C=O) groups excluding carboxylic acids is 1. The number of carboxylic acids is 1. The van der Waals surface area contributed by atoms with Gasteiger partial charge in [-0.3, -0.25) is 0 Å². The third kappa shape index (κ3) is 3.87. The first-order valence-electron chi connectivity index (χ1n) is 5.80. The molecule has 0 radical (unpaired) electrons. The van der Waals surface area contributed by atoms with Crippen molar-refractivity contribution in [2.75, 3.05) is 12.4 Å². The zero-order chi connectivity index (χ0) is 15.3. The second-order valence-corrected chi connectivity index (χ2v) is 4.68. The van der Waals surface area contributed by atoms with Crippen molar-refractivity contribution in [3.05, 3.63) is 28.8 Å². The van der Waals surface area contributed by atoms with Gasteiger partial charge < -0.3 is 15.3 Å². The molecule has 1 aromatic rings. The fraction of sp³-hybridized carbons (Fsp3) is 0.308. The molecule has 7 heteroatoms. The number of aromatic carboxylic acids is 1. The molecule has 0 saturated heterocycles. The molecule has 0 saturated carbocycles. The summed E-state index contributed by atoms with van der Waals surface area (Å²) < 4.78 is 0. The molecular formula is C13H14ClN3O3. The van der Waals surface area contributed by atoms with Gasteiger partial charge in [-0.2, -0.15) is 5.26 Å². The van der Waals surface area contributed by atoms with Gasteiger partial charge in [-0.05, 0) is 25.1 Å². The van der Waals surface area contributed by atoms with Crippen molar-refractivity contribution in [1.82, 2.24) is 4.90 Å². The van der Waals surface area contributed by atoms with Crippen LogP contribution >= 0.6 is 11.6 Å². The Balaban J connectivity index is 2.91. The van der Waals surface area contributed by atoms with Gasteiger partial charge in [-0.1, -0.05) is 11.6 Å². The largest absolute Gasteiger partial charge is 0.478 e. The van der Waals surface area contributed by atoms with E-state index in [-0.39, 0.29) is 28.7 Å². The van der Waals surface area contributed by atoms with Crippen molar-refractivity contribution in [2.24, 2.45) is 0 Å². The van der Waals surface area contributed by atoms with Crippen LogP contribution in [0.1, 0.15) is 23.7 Å². The first-order chi connectivity index (χ1) is 9.36. The lowest BCUT2D eigenvalue weighted by Crippen LogP contribution is -2.38. The number of urea groups is 1. The van der Waals surface area contributed by atoms with Crippen LogP contribution in [0.25, 0.3) is 0 Å². The predicted molar refractivity (Wildman–Crippen MR) is 74.9 cm³/mol. The number of nitrogens with zero attached hydrogens (tertiary/aromatic N) is 2. The van der Waals surface area contributed by atoms with Gasteiger partial charge in [0.2, 0.25) is 0 Å². The van der Waals surface area contributed by atoms with Gasteiger partial charge in [0.1, 0.15) is 0 Å². The minimum absolute atomic E-state index is 0.0906. The van der Waals surface area contributed by atoms with E-state index in [4.69, 9.17) is 22.0 Å². The molecule has 0 aliphatic heterocycles. The minimum atomic E-state index is -1.18. The normalized spacial score (nSPS) is 11.3. The maximum absolute atomic E-state index is 12.0. The Hall–Kier alpha value is -2.26. The van der Waals surface area contributed by atoms with Crippen LogP contribution in [-0.4, -0.2) is 35.1 Å². The quantitative estimate of drug-likeness (QED) is 0.893. The number of nitrogens with one attached hydrogen (secondary N) is 1. The molecule has 20 heavy (non-hydrogen) atoms. The topological polar surface area (TPSA) is 93.4 Å². The van der Waals surface area contributed by atoms with Crippen LogP contribution < -0.4 is 5.32 Å². The second-order valence-electron chi connectivity index (χ2n) is 4.25. The molecule has 1 atom stereocenters. The number of hydrogen-bond donors (Lipinski definition) is 2. The zero-order valence-corrected chi connectivity index (χ0v) is 11.8. The van der Waals surface area contributed by atoms with E-state index in [9.17, 15) is 9.59 Å². The summed E-state index contributed by atoms with van der Waals surface area (Å²) in [6.45, 7) is 1.72. The highest BCUT2D eigenvalue weighted by atomic mass is 35.5. The molecule has 6 nitrogen and oxygen atoms in total. The Morgan fingerprint density at radius 1 is 1.55 bits per heavy atom. The summed E-state index contributed by atoms with van der Waals surface area (Å²) in [5.74, 6) is -1.18. The monoisotopic (exact) mass is 295 g/mol. The van der Waals surface area contributed by atoms with Crippen LogP contribution in [0.3, 0.4) is 0 Å². The molecule has 0 aromatic heterocycles. The lowest BCUT2D eigenvalue weighted by Gasteiger charge is -2.23. The summed E-state index contributed by atoms with van der Waals surface area (Å²) in [6, 6.07) is 5.38. The minimum Gasteiger partial charge on any atom is -0.478 e. The third-order valence-corrected chi connectivity index (χ3v) is 3.06. The molecule has 0 fully saturated rings. The number of carboxylic acid groups (broad SMARTS) is 1. The number of amides is 2. The van der Waals surface area contributed by atoms with E-state index in [0.29, 0.717) is 0 Å². The van der Waals surface area contributed by atoms with Crippen LogP contribution in [0.15, 0.2) is 18.2 Å². The Morgan fingerprint density at radius 3 is 2.75 bits per heavy atom. The second kappa shape index (κ2) is 6.78. The van der Waals surface area contributed by atoms with E-state index in [0.717, 1.165) is 0 Å². The predicted octanol–water partition coefficient (Wildman–Crippen LogP) is 2.80. The summed E-state index contributed by atoms with van der Waals surface area (Å²) in [7, 11) is 1.54. The van der Waals surface area contributed by atoms with Gasteiger partial charge in [-0.15, -0.1) is 0 Å². The van der Waals surface area contributed by atoms with E-state index in [1.54, 1.807) is 6.92 Å². The van der Waals surface area contributed by atoms with Gasteiger partial charge in [0, 0.05) is 18.1 Å². The molecule has 106 valence electrons. The fourth-order valence-corrected chi connectivity index (χ4v) is 1.65. The molecule has 2 amide bonds. The van der Waals surface area contributed by atoms with Crippen LogP contribution in [0.2, 0.25) is 5.02 Å². The van der Waals surface area contributed by atoms with Gasteiger partial charge in [0.05, 0.1) is 23.7 Å². The molecular weight excluding hydrogens is 282 g/mol. The maximum Gasteiger partial charge on any atom is 0.337 e. The standard InChI is InChI=1S/C13H14ClN3O3/c1-8(5-6-15)17(2)13(20)16-11-4-3-9(14)7-10(11)12(18)19/h3-4,7-8H,5H2,1-2H3,(H,16,20)(H,18,19). The maximum atomic E-state index is 12.0. The van der Waals surface area contributed by atoms with Gasteiger partial charge in [0.15, 0.2) is 0 Å². The van der Waals surface area contributed by atoms with Crippen molar-refractivity contribution in [1.29, 1.82) is 5.26 Å². The molecule has 0 aliphatic carbocycles. The van der Waals surface area contributed by atoms with Crippen LogP contribution in [0.4, 0.5) is 10.5 Å². The first-order valence-corrected chi connectivity index (χ1v) is 6.18. The van der Waals surface area contributed by atoms with Crippen molar-refractivity contribution in [2.45, 2.75) is 19.4 Å². The first kappa shape index (κ1) is 15.8. The number of benzene rings is 1.